The number of anilines is 2. The highest BCUT2D eigenvalue weighted by Crippen LogP contribution is 2.15. The van der Waals surface area contributed by atoms with Crippen molar-refractivity contribution in [2.75, 3.05) is 17.2 Å². The number of carbonyl (C=O) groups is 1. The molecule has 0 saturated carbocycles. The zero-order chi connectivity index (χ0) is 12.8. The minimum absolute atomic E-state index is 0.0502. The lowest BCUT2D eigenvalue weighted by Crippen LogP contribution is -2.07. The van der Waals surface area contributed by atoms with Gasteiger partial charge < -0.3 is 10.6 Å². The summed E-state index contributed by atoms with van der Waals surface area (Å²) in [5.74, 6) is -0.0502. The van der Waals surface area contributed by atoms with Gasteiger partial charge in [-0.2, -0.15) is 0 Å². The van der Waals surface area contributed by atoms with E-state index >= 15 is 0 Å². The predicted molar refractivity (Wildman–Crippen MR) is 77.3 cm³/mol. The number of amides is 1. The topological polar surface area (TPSA) is 41.1 Å². The number of hydrogen-bond acceptors (Lipinski definition) is 3. The molecule has 1 heterocycles. The summed E-state index contributed by atoms with van der Waals surface area (Å²) in [6.07, 6.45) is 1.02. The Morgan fingerprint density at radius 1 is 1.22 bits per heavy atom. The minimum atomic E-state index is -0.0502. The number of benzene rings is 1. The Bertz CT molecular complexity index is 508. The smallest absolute Gasteiger partial charge is 0.221 e. The van der Waals surface area contributed by atoms with Gasteiger partial charge in [-0.05, 0) is 36.1 Å². The summed E-state index contributed by atoms with van der Waals surface area (Å²) in [6.45, 7) is 2.40. The third-order valence-electron chi connectivity index (χ3n) is 2.46. The molecule has 0 aliphatic rings. The van der Waals surface area contributed by atoms with E-state index in [1.807, 2.05) is 24.3 Å². The summed E-state index contributed by atoms with van der Waals surface area (Å²) >= 11 is 1.77. The van der Waals surface area contributed by atoms with Gasteiger partial charge >= 0.3 is 0 Å². The van der Waals surface area contributed by atoms with Gasteiger partial charge in [0.2, 0.25) is 5.91 Å². The zero-order valence-corrected chi connectivity index (χ0v) is 11.1. The van der Waals surface area contributed by atoms with Gasteiger partial charge in [0.1, 0.15) is 0 Å². The molecule has 2 rings (SSSR count). The first-order chi connectivity index (χ1) is 8.74. The van der Waals surface area contributed by atoms with Crippen molar-refractivity contribution in [3.8, 4) is 0 Å². The van der Waals surface area contributed by atoms with Crippen molar-refractivity contribution in [1.29, 1.82) is 0 Å². The van der Waals surface area contributed by atoms with Crippen LogP contribution in [0.1, 0.15) is 11.8 Å². The Labute approximate surface area is 111 Å². The van der Waals surface area contributed by atoms with Crippen molar-refractivity contribution in [2.24, 2.45) is 0 Å². The predicted octanol–water partition coefficient (Wildman–Crippen LogP) is 3.36. The van der Waals surface area contributed by atoms with Gasteiger partial charge in [-0.15, -0.1) is 11.3 Å². The fourth-order valence-corrected chi connectivity index (χ4v) is 2.40. The van der Waals surface area contributed by atoms with Crippen LogP contribution in [0.3, 0.4) is 0 Å². The van der Waals surface area contributed by atoms with Gasteiger partial charge in [-0.1, -0.05) is 12.1 Å². The summed E-state index contributed by atoms with van der Waals surface area (Å²) in [5.41, 5.74) is 1.85. The van der Waals surface area contributed by atoms with E-state index in [0.717, 1.165) is 24.3 Å². The minimum Gasteiger partial charge on any atom is -0.385 e. The summed E-state index contributed by atoms with van der Waals surface area (Å²) in [5, 5.41) is 8.21. The maximum absolute atomic E-state index is 11.0. The van der Waals surface area contributed by atoms with E-state index in [1.54, 1.807) is 11.3 Å². The Balaban J connectivity index is 1.87. The molecule has 0 aliphatic carbocycles. The van der Waals surface area contributed by atoms with Crippen LogP contribution in [-0.4, -0.2) is 12.5 Å². The molecule has 4 heteroatoms. The molecule has 0 unspecified atom stereocenters. The average molecular weight is 260 g/mol. The van der Waals surface area contributed by atoms with E-state index in [2.05, 4.69) is 28.1 Å². The quantitative estimate of drug-likeness (QED) is 0.865. The van der Waals surface area contributed by atoms with Crippen LogP contribution in [0.4, 0.5) is 11.4 Å². The molecule has 0 atom stereocenters. The fraction of sp³-hybridized carbons (Fsp3) is 0.214. The summed E-state index contributed by atoms with van der Waals surface area (Å²) in [4.78, 5) is 12.3. The Morgan fingerprint density at radius 3 is 2.78 bits per heavy atom. The second kappa shape index (κ2) is 6.21. The highest BCUT2D eigenvalue weighted by Gasteiger charge is 1.98. The number of thiophene rings is 1. The lowest BCUT2D eigenvalue weighted by Gasteiger charge is -2.08. The van der Waals surface area contributed by atoms with Gasteiger partial charge in [0.15, 0.2) is 0 Å². The molecule has 2 aromatic rings. The molecule has 94 valence electrons. The first-order valence-electron chi connectivity index (χ1n) is 5.88. The SMILES string of the molecule is CC(=O)Nc1cccc(NCCc2cccs2)c1. The monoisotopic (exact) mass is 260 g/mol. The Morgan fingerprint density at radius 2 is 2.06 bits per heavy atom. The van der Waals surface area contributed by atoms with Crippen LogP contribution in [0.25, 0.3) is 0 Å². The molecule has 0 spiro atoms. The molecule has 0 radical (unpaired) electrons. The van der Waals surface area contributed by atoms with Gasteiger partial charge in [-0.25, -0.2) is 0 Å². The van der Waals surface area contributed by atoms with Crippen LogP contribution in [-0.2, 0) is 11.2 Å². The normalized spacial score (nSPS) is 10.1. The van der Waals surface area contributed by atoms with Crippen molar-refractivity contribution >= 4 is 28.6 Å². The molecule has 2 N–H and O–H groups in total. The number of rotatable bonds is 5. The maximum Gasteiger partial charge on any atom is 0.221 e. The number of hydrogen-bond donors (Lipinski definition) is 2. The number of nitrogens with one attached hydrogen (secondary N) is 2. The van der Waals surface area contributed by atoms with Gasteiger partial charge in [0, 0.05) is 29.7 Å². The van der Waals surface area contributed by atoms with Crippen molar-refractivity contribution < 1.29 is 4.79 Å². The first-order valence-corrected chi connectivity index (χ1v) is 6.76. The molecule has 0 bridgehead atoms. The van der Waals surface area contributed by atoms with Crippen molar-refractivity contribution in [3.05, 3.63) is 46.7 Å². The first kappa shape index (κ1) is 12.6. The highest BCUT2D eigenvalue weighted by molar-refractivity contribution is 7.09. The lowest BCUT2D eigenvalue weighted by molar-refractivity contribution is -0.114. The largest absolute Gasteiger partial charge is 0.385 e. The summed E-state index contributed by atoms with van der Waals surface area (Å²) in [7, 11) is 0. The summed E-state index contributed by atoms with van der Waals surface area (Å²) in [6, 6.07) is 12.0. The van der Waals surface area contributed by atoms with Crippen LogP contribution < -0.4 is 10.6 Å². The second-order valence-electron chi connectivity index (χ2n) is 4.02. The standard InChI is InChI=1S/C14H16N2OS/c1-11(17)16-13-5-2-4-12(10-13)15-8-7-14-6-3-9-18-14/h2-6,9-10,15H,7-8H2,1H3,(H,16,17). The molecule has 1 aromatic carbocycles. The van der Waals surface area contributed by atoms with E-state index in [-0.39, 0.29) is 5.91 Å². The molecular weight excluding hydrogens is 244 g/mol. The molecule has 1 aromatic heterocycles. The van der Waals surface area contributed by atoms with E-state index in [4.69, 9.17) is 0 Å². The molecule has 0 fully saturated rings. The molecule has 18 heavy (non-hydrogen) atoms. The van der Waals surface area contributed by atoms with Crippen LogP contribution in [0, 0.1) is 0 Å². The second-order valence-corrected chi connectivity index (χ2v) is 5.05. The van der Waals surface area contributed by atoms with Gasteiger partial charge in [0.25, 0.3) is 0 Å². The third-order valence-corrected chi connectivity index (χ3v) is 3.40. The molecule has 0 aliphatic heterocycles. The van der Waals surface area contributed by atoms with Crippen LogP contribution in [0.2, 0.25) is 0 Å². The fourth-order valence-electron chi connectivity index (χ4n) is 1.70. The van der Waals surface area contributed by atoms with E-state index in [9.17, 15) is 4.79 Å². The lowest BCUT2D eigenvalue weighted by atomic mass is 10.2. The number of carbonyl (C=O) groups excluding carboxylic acids is 1. The van der Waals surface area contributed by atoms with E-state index in [1.165, 1.54) is 11.8 Å². The Kier molecular flexibility index (Phi) is 4.36. The molecular formula is C14H16N2OS. The Hall–Kier alpha value is -1.81. The van der Waals surface area contributed by atoms with Crippen molar-refractivity contribution in [2.45, 2.75) is 13.3 Å². The highest BCUT2D eigenvalue weighted by atomic mass is 32.1. The van der Waals surface area contributed by atoms with Crippen molar-refractivity contribution in [3.63, 3.8) is 0 Å². The van der Waals surface area contributed by atoms with Gasteiger partial charge in [0.05, 0.1) is 0 Å². The van der Waals surface area contributed by atoms with Crippen LogP contribution >= 0.6 is 11.3 Å². The van der Waals surface area contributed by atoms with Crippen LogP contribution in [0.5, 0.6) is 0 Å². The van der Waals surface area contributed by atoms with Gasteiger partial charge in [-0.3, -0.25) is 4.79 Å². The van der Waals surface area contributed by atoms with E-state index in [0.29, 0.717) is 0 Å². The molecule has 3 nitrogen and oxygen atoms in total. The van der Waals surface area contributed by atoms with E-state index < -0.39 is 0 Å². The zero-order valence-electron chi connectivity index (χ0n) is 10.3. The maximum atomic E-state index is 11.0. The molecule has 0 saturated heterocycles. The van der Waals surface area contributed by atoms with Crippen molar-refractivity contribution in [1.82, 2.24) is 0 Å². The third kappa shape index (κ3) is 3.89. The average Bonchev–Trinajstić information content (AvgIpc) is 2.82. The molecule has 1 amide bonds. The summed E-state index contributed by atoms with van der Waals surface area (Å²) < 4.78 is 0. The van der Waals surface area contributed by atoms with Crippen LogP contribution in [0.15, 0.2) is 41.8 Å².